The molecule has 0 aliphatic rings. The van der Waals surface area contributed by atoms with Crippen molar-refractivity contribution in [2.24, 2.45) is 0 Å². The molecule has 0 aliphatic heterocycles. The third-order valence-electron chi connectivity index (χ3n) is 7.77. The third-order valence-corrected chi connectivity index (χ3v) is 10.8. The van der Waals surface area contributed by atoms with Crippen LogP contribution in [0, 0.1) is 0 Å². The van der Waals surface area contributed by atoms with Gasteiger partial charge in [0.05, 0.1) is 0 Å². The lowest BCUT2D eigenvalue weighted by Crippen LogP contribution is -2.24. The normalized spacial score (nSPS) is 12.1. The van der Waals surface area contributed by atoms with Gasteiger partial charge in [-0.05, 0) is 23.8 Å². The van der Waals surface area contributed by atoms with E-state index in [-0.39, 0.29) is 0 Å². The lowest BCUT2D eigenvalue weighted by molar-refractivity contribution is 0.592. The van der Waals surface area contributed by atoms with Gasteiger partial charge in [0.25, 0.3) is 0 Å². The molecule has 4 heteroatoms. The molecule has 0 saturated carbocycles. The van der Waals surface area contributed by atoms with E-state index < -0.39 is 7.14 Å². The van der Waals surface area contributed by atoms with Crippen LogP contribution in [0.25, 0.3) is 55.0 Å². The molecule has 2 aromatic heterocycles. The Morgan fingerprint density at radius 3 is 1.57 bits per heavy atom. The first kappa shape index (κ1) is 23.1. The summed E-state index contributed by atoms with van der Waals surface area (Å²) < 4.78 is 27.7. The summed E-state index contributed by atoms with van der Waals surface area (Å²) in [6.45, 7) is 0. The first-order valence-electron chi connectivity index (χ1n) is 13.3. The second-order valence-electron chi connectivity index (χ2n) is 10.0. The second kappa shape index (κ2) is 8.84. The van der Waals surface area contributed by atoms with Crippen LogP contribution in [-0.2, 0) is 4.57 Å². The van der Waals surface area contributed by atoms with E-state index in [0.717, 1.165) is 70.9 Å². The molecule has 0 bridgehead atoms. The van der Waals surface area contributed by atoms with E-state index in [0.29, 0.717) is 0 Å². The molecule has 3 nitrogen and oxygen atoms in total. The highest BCUT2D eigenvalue weighted by Gasteiger charge is 2.29. The number of benzene rings is 6. The minimum absolute atomic E-state index is 0.791. The van der Waals surface area contributed by atoms with E-state index in [1.54, 1.807) is 0 Å². The molecule has 6 aromatic carbocycles. The summed E-state index contributed by atoms with van der Waals surface area (Å²) in [5, 5.41) is 6.67. The van der Waals surface area contributed by atoms with Crippen molar-refractivity contribution in [2.45, 2.75) is 0 Å². The minimum Gasteiger partial charge on any atom is -0.456 e. The Morgan fingerprint density at radius 2 is 0.950 bits per heavy atom. The predicted octanol–water partition coefficient (Wildman–Crippen LogP) is 8.79. The van der Waals surface area contributed by atoms with Crippen molar-refractivity contribution in [2.75, 3.05) is 0 Å². The van der Waals surface area contributed by atoms with Crippen molar-refractivity contribution >= 4 is 66.9 Å². The number of hydrogen-bond acceptors (Lipinski definition) is 3. The summed E-state index contributed by atoms with van der Waals surface area (Å²) >= 11 is 0. The highest BCUT2D eigenvalue weighted by molar-refractivity contribution is 7.85. The van der Waals surface area contributed by atoms with Crippen LogP contribution in [0.2, 0.25) is 0 Å². The van der Waals surface area contributed by atoms with Crippen LogP contribution >= 0.6 is 7.14 Å². The van der Waals surface area contributed by atoms with Crippen molar-refractivity contribution in [3.63, 3.8) is 0 Å². The van der Waals surface area contributed by atoms with Gasteiger partial charge in [0, 0.05) is 43.0 Å². The zero-order valence-electron chi connectivity index (χ0n) is 21.5. The molecule has 0 amide bonds. The molecule has 0 fully saturated rings. The van der Waals surface area contributed by atoms with Crippen molar-refractivity contribution in [3.05, 3.63) is 140 Å². The van der Waals surface area contributed by atoms with E-state index in [1.165, 1.54) is 0 Å². The third kappa shape index (κ3) is 3.35. The van der Waals surface area contributed by atoms with Gasteiger partial charge in [-0.3, -0.25) is 0 Å². The smallest absolute Gasteiger partial charge is 0.171 e. The van der Waals surface area contributed by atoms with Crippen LogP contribution in [0.5, 0.6) is 0 Å². The summed E-state index contributed by atoms with van der Waals surface area (Å²) in [7, 11) is -3.06. The molecule has 40 heavy (non-hydrogen) atoms. The van der Waals surface area contributed by atoms with Gasteiger partial charge in [0.2, 0.25) is 0 Å². The highest BCUT2D eigenvalue weighted by atomic mass is 31.2. The fourth-order valence-electron chi connectivity index (χ4n) is 5.89. The zero-order valence-corrected chi connectivity index (χ0v) is 22.3. The quantitative estimate of drug-likeness (QED) is 0.212. The van der Waals surface area contributed by atoms with Crippen molar-refractivity contribution < 1.29 is 13.4 Å². The lowest BCUT2D eigenvalue weighted by Gasteiger charge is -2.20. The molecule has 0 spiro atoms. The maximum Gasteiger partial charge on any atom is 0.171 e. The van der Waals surface area contributed by atoms with Gasteiger partial charge in [-0.15, -0.1) is 0 Å². The average Bonchev–Trinajstić information content (AvgIpc) is 3.59. The number of furan rings is 2. The summed E-state index contributed by atoms with van der Waals surface area (Å²) in [6, 6.07) is 45.9. The Balaban J connectivity index is 1.37. The van der Waals surface area contributed by atoms with Gasteiger partial charge in [-0.1, -0.05) is 121 Å². The molecule has 2 heterocycles. The maximum atomic E-state index is 14.8. The van der Waals surface area contributed by atoms with Crippen LogP contribution in [0.3, 0.4) is 0 Å². The Labute approximate surface area is 230 Å². The molecule has 0 N–H and O–H groups in total. The Hall–Kier alpha value is -4.85. The topological polar surface area (TPSA) is 43.4 Å². The van der Waals surface area contributed by atoms with Gasteiger partial charge >= 0.3 is 0 Å². The molecular weight excluding hydrogens is 511 g/mol. The minimum atomic E-state index is -3.06. The van der Waals surface area contributed by atoms with Crippen LogP contribution in [0.1, 0.15) is 0 Å². The molecular formula is C36H23O3P. The summed E-state index contributed by atoms with van der Waals surface area (Å²) in [4.78, 5) is 0. The largest absolute Gasteiger partial charge is 0.456 e. The first-order valence-corrected chi connectivity index (χ1v) is 15.0. The fraction of sp³-hybridized carbons (Fsp3) is 0. The van der Waals surface area contributed by atoms with Gasteiger partial charge in [-0.25, -0.2) is 0 Å². The second-order valence-corrected chi connectivity index (χ2v) is 12.8. The number of hydrogen-bond donors (Lipinski definition) is 0. The standard InChI is InChI=1S/C36H23O3P/c37-40(25-11-3-1-4-12-25,26-13-5-2-6-14-26)27-21-19-24(20-22-27)30-23-33-34(28-15-7-9-17-31(28)38-33)35-29-16-8-10-18-32(29)39-36(30)35/h1-23H. The van der Waals surface area contributed by atoms with E-state index in [1.807, 2.05) is 121 Å². The fourth-order valence-corrected chi connectivity index (χ4v) is 8.54. The van der Waals surface area contributed by atoms with E-state index >= 15 is 0 Å². The van der Waals surface area contributed by atoms with Crippen LogP contribution in [0.15, 0.2) is 148 Å². The summed E-state index contributed by atoms with van der Waals surface area (Å²) in [5.74, 6) is 0. The summed E-state index contributed by atoms with van der Waals surface area (Å²) in [6.07, 6.45) is 0. The number of fused-ring (bicyclic) bond motifs is 7. The molecule has 0 radical (unpaired) electrons. The van der Waals surface area contributed by atoms with Gasteiger partial charge < -0.3 is 13.4 Å². The van der Waals surface area contributed by atoms with E-state index in [4.69, 9.17) is 8.83 Å². The van der Waals surface area contributed by atoms with E-state index in [9.17, 15) is 4.57 Å². The van der Waals surface area contributed by atoms with Crippen molar-refractivity contribution in [3.8, 4) is 11.1 Å². The van der Waals surface area contributed by atoms with Crippen LogP contribution in [-0.4, -0.2) is 0 Å². The lowest BCUT2D eigenvalue weighted by atomic mass is 9.98. The number of rotatable bonds is 4. The first-order chi connectivity index (χ1) is 19.7. The van der Waals surface area contributed by atoms with Crippen molar-refractivity contribution in [1.82, 2.24) is 0 Å². The van der Waals surface area contributed by atoms with Crippen LogP contribution < -0.4 is 15.9 Å². The van der Waals surface area contributed by atoms with Gasteiger partial charge in [-0.2, -0.15) is 0 Å². The predicted molar refractivity (Wildman–Crippen MR) is 166 cm³/mol. The molecule has 0 unspecified atom stereocenters. The SMILES string of the molecule is O=P(c1ccccc1)(c1ccccc1)c1ccc(-c2cc3oc4ccccc4c3c3c2oc2ccccc23)cc1. The van der Waals surface area contributed by atoms with Crippen molar-refractivity contribution in [1.29, 1.82) is 0 Å². The monoisotopic (exact) mass is 534 g/mol. The summed E-state index contributed by atoms with van der Waals surface area (Å²) in [5.41, 5.74) is 5.25. The molecule has 8 aromatic rings. The molecule has 0 atom stereocenters. The zero-order chi connectivity index (χ0) is 26.7. The molecule has 190 valence electrons. The van der Waals surface area contributed by atoms with E-state index in [2.05, 4.69) is 18.2 Å². The molecule has 8 rings (SSSR count). The van der Waals surface area contributed by atoms with Gasteiger partial charge in [0.15, 0.2) is 7.14 Å². The van der Waals surface area contributed by atoms with Crippen LogP contribution in [0.4, 0.5) is 0 Å². The Bertz CT molecular complexity index is 2180. The Morgan fingerprint density at radius 1 is 0.450 bits per heavy atom. The molecule has 0 aliphatic carbocycles. The highest BCUT2D eigenvalue weighted by Crippen LogP contribution is 2.46. The maximum absolute atomic E-state index is 14.8. The number of para-hydroxylation sites is 2. The average molecular weight is 535 g/mol. The Kier molecular flexibility index (Phi) is 5.10. The van der Waals surface area contributed by atoms with Gasteiger partial charge in [0.1, 0.15) is 22.3 Å². The molecule has 0 saturated heterocycles.